The average Bonchev–Trinajstić information content (AvgIpc) is 2.97. The molecule has 7 nitrogen and oxygen atoms in total. The fourth-order valence-corrected chi connectivity index (χ4v) is 3.30. The molecule has 0 saturated carbocycles. The highest BCUT2D eigenvalue weighted by Gasteiger charge is 2.35. The van der Waals surface area contributed by atoms with Gasteiger partial charge in [-0.2, -0.15) is 0 Å². The second kappa shape index (κ2) is 6.95. The van der Waals surface area contributed by atoms with E-state index in [4.69, 9.17) is 5.73 Å². The Morgan fingerprint density at radius 1 is 1.35 bits per heavy atom. The van der Waals surface area contributed by atoms with E-state index < -0.39 is 0 Å². The van der Waals surface area contributed by atoms with E-state index in [1.54, 1.807) is 0 Å². The number of tetrazole rings is 1. The lowest BCUT2D eigenvalue weighted by atomic mass is 9.92. The van der Waals surface area contributed by atoms with Crippen molar-refractivity contribution in [3.8, 4) is 0 Å². The lowest BCUT2D eigenvalue weighted by Crippen LogP contribution is -2.43. The number of carbonyl (C=O) groups excluding carboxylic acids is 1. The first kappa shape index (κ1) is 17.8. The van der Waals surface area contributed by atoms with E-state index in [0.717, 1.165) is 38.2 Å². The summed E-state index contributed by atoms with van der Waals surface area (Å²) in [4.78, 5) is 13.8. The first-order chi connectivity index (χ1) is 10.8. The summed E-state index contributed by atoms with van der Waals surface area (Å²) in [6, 6.07) is 0.157. The molecule has 1 saturated heterocycles. The third-order valence-corrected chi connectivity index (χ3v) is 5.15. The van der Waals surface area contributed by atoms with Crippen LogP contribution in [0, 0.1) is 11.8 Å². The van der Waals surface area contributed by atoms with Gasteiger partial charge in [0.15, 0.2) is 5.82 Å². The second-order valence-electron chi connectivity index (χ2n) is 7.52. The quantitative estimate of drug-likeness (QED) is 0.861. The van der Waals surface area contributed by atoms with Crippen molar-refractivity contribution in [2.24, 2.45) is 17.6 Å². The topological polar surface area (TPSA) is 89.9 Å². The van der Waals surface area contributed by atoms with Gasteiger partial charge in [-0.1, -0.05) is 20.8 Å². The zero-order valence-corrected chi connectivity index (χ0v) is 15.0. The molecule has 1 amide bonds. The first-order valence-electron chi connectivity index (χ1n) is 8.60. The Morgan fingerprint density at radius 3 is 2.43 bits per heavy atom. The fourth-order valence-electron chi connectivity index (χ4n) is 3.30. The monoisotopic (exact) mass is 322 g/mol. The van der Waals surface area contributed by atoms with Crippen molar-refractivity contribution < 1.29 is 4.79 Å². The van der Waals surface area contributed by atoms with Gasteiger partial charge in [0.05, 0.1) is 11.6 Å². The second-order valence-corrected chi connectivity index (χ2v) is 7.52. The molecule has 2 rings (SSSR count). The summed E-state index contributed by atoms with van der Waals surface area (Å²) in [5, 5.41) is 12.5. The minimum atomic E-state index is -0.178. The third kappa shape index (κ3) is 3.71. The van der Waals surface area contributed by atoms with Crippen molar-refractivity contribution in [1.29, 1.82) is 0 Å². The van der Waals surface area contributed by atoms with Crippen LogP contribution < -0.4 is 5.73 Å². The minimum Gasteiger partial charge on any atom is -0.369 e. The number of nitrogens with zero attached hydrogens (tertiary/aromatic N) is 5. The lowest BCUT2D eigenvalue weighted by molar-refractivity contribution is -0.123. The predicted octanol–water partition coefficient (Wildman–Crippen LogP) is 1.71. The fraction of sp³-hybridized carbons (Fsp3) is 0.875. The SMILES string of the molecule is CCC(C)(C)n1nnnc1[C@H](C(C)C)N1CCC(C(N)=O)CC1. The van der Waals surface area contributed by atoms with Gasteiger partial charge < -0.3 is 5.73 Å². The summed E-state index contributed by atoms with van der Waals surface area (Å²) in [5.74, 6) is 1.13. The normalized spacial score (nSPS) is 19.2. The summed E-state index contributed by atoms with van der Waals surface area (Å²) in [5.41, 5.74) is 5.33. The highest BCUT2D eigenvalue weighted by atomic mass is 16.1. The molecule has 1 atom stereocenters. The molecule has 130 valence electrons. The maximum atomic E-state index is 11.4. The number of hydrogen-bond donors (Lipinski definition) is 1. The maximum Gasteiger partial charge on any atom is 0.220 e. The van der Waals surface area contributed by atoms with Crippen LogP contribution in [0.3, 0.4) is 0 Å². The van der Waals surface area contributed by atoms with Gasteiger partial charge in [0.2, 0.25) is 5.91 Å². The summed E-state index contributed by atoms with van der Waals surface area (Å²) >= 11 is 0. The van der Waals surface area contributed by atoms with Gasteiger partial charge in [-0.3, -0.25) is 9.69 Å². The number of carbonyl (C=O) groups is 1. The molecule has 0 unspecified atom stereocenters. The van der Waals surface area contributed by atoms with Crippen LogP contribution in [0.1, 0.15) is 65.7 Å². The van der Waals surface area contributed by atoms with Crippen molar-refractivity contribution in [2.75, 3.05) is 13.1 Å². The van der Waals surface area contributed by atoms with Gasteiger partial charge in [-0.05, 0) is 62.5 Å². The Hall–Kier alpha value is -1.50. The molecule has 1 fully saturated rings. The number of primary amides is 1. The summed E-state index contributed by atoms with van der Waals surface area (Å²) in [6.45, 7) is 12.6. The number of rotatable bonds is 6. The van der Waals surface area contributed by atoms with Gasteiger partial charge in [0.25, 0.3) is 0 Å². The molecule has 1 aliphatic heterocycles. The number of hydrogen-bond acceptors (Lipinski definition) is 5. The van der Waals surface area contributed by atoms with Crippen LogP contribution in [0.25, 0.3) is 0 Å². The van der Waals surface area contributed by atoms with Crippen molar-refractivity contribution in [2.45, 2.75) is 65.5 Å². The molecule has 0 aromatic carbocycles. The molecule has 23 heavy (non-hydrogen) atoms. The van der Waals surface area contributed by atoms with Crippen LogP contribution in [-0.2, 0) is 10.3 Å². The summed E-state index contributed by atoms with van der Waals surface area (Å²) in [7, 11) is 0. The zero-order valence-electron chi connectivity index (χ0n) is 15.0. The van der Waals surface area contributed by atoms with E-state index in [1.807, 2.05) is 4.68 Å². The summed E-state index contributed by atoms with van der Waals surface area (Å²) < 4.78 is 1.97. The van der Waals surface area contributed by atoms with Crippen molar-refractivity contribution in [3.63, 3.8) is 0 Å². The third-order valence-electron chi connectivity index (χ3n) is 5.15. The zero-order chi connectivity index (χ0) is 17.2. The van der Waals surface area contributed by atoms with Gasteiger partial charge in [-0.15, -0.1) is 5.10 Å². The van der Waals surface area contributed by atoms with E-state index in [-0.39, 0.29) is 23.4 Å². The van der Waals surface area contributed by atoms with Gasteiger partial charge >= 0.3 is 0 Å². The molecule has 0 bridgehead atoms. The Balaban J connectivity index is 2.24. The molecule has 2 N–H and O–H groups in total. The van der Waals surface area contributed by atoms with E-state index in [2.05, 4.69) is 55.0 Å². The summed E-state index contributed by atoms with van der Waals surface area (Å²) in [6.07, 6.45) is 2.59. The van der Waals surface area contributed by atoms with Crippen LogP contribution in [0.4, 0.5) is 0 Å². The van der Waals surface area contributed by atoms with Crippen LogP contribution >= 0.6 is 0 Å². The standard InChI is InChI=1S/C16H30N6O/c1-6-16(4,5)22-15(18-19-20-22)13(11(2)3)21-9-7-12(8-10-21)14(17)23/h11-13H,6-10H2,1-5H3,(H2,17,23)/t13-/m0/s1. The van der Waals surface area contributed by atoms with Gasteiger partial charge in [0, 0.05) is 5.92 Å². The molecule has 0 spiro atoms. The number of aromatic nitrogens is 4. The molecule has 2 heterocycles. The van der Waals surface area contributed by atoms with E-state index >= 15 is 0 Å². The highest BCUT2D eigenvalue weighted by Crippen LogP contribution is 2.33. The highest BCUT2D eigenvalue weighted by molar-refractivity contribution is 5.76. The molecule has 0 radical (unpaired) electrons. The number of likely N-dealkylation sites (tertiary alicyclic amines) is 1. The van der Waals surface area contributed by atoms with E-state index in [0.29, 0.717) is 5.92 Å². The van der Waals surface area contributed by atoms with Crippen molar-refractivity contribution in [3.05, 3.63) is 5.82 Å². The molecule has 7 heteroatoms. The number of nitrogens with two attached hydrogens (primary N) is 1. The Morgan fingerprint density at radius 2 is 1.96 bits per heavy atom. The van der Waals surface area contributed by atoms with E-state index in [1.165, 1.54) is 0 Å². The van der Waals surface area contributed by atoms with Crippen LogP contribution in [0.2, 0.25) is 0 Å². The number of amides is 1. The lowest BCUT2D eigenvalue weighted by Gasteiger charge is -2.39. The number of piperidine rings is 1. The molecule has 1 aromatic rings. The van der Waals surface area contributed by atoms with Gasteiger partial charge in [0.1, 0.15) is 0 Å². The Labute approximate surface area is 138 Å². The Kier molecular flexibility index (Phi) is 5.39. The van der Waals surface area contributed by atoms with Crippen LogP contribution in [0.5, 0.6) is 0 Å². The van der Waals surface area contributed by atoms with Crippen molar-refractivity contribution >= 4 is 5.91 Å². The van der Waals surface area contributed by atoms with Crippen molar-refractivity contribution in [1.82, 2.24) is 25.1 Å². The molecular formula is C16H30N6O. The minimum absolute atomic E-state index is 0.00198. The van der Waals surface area contributed by atoms with E-state index in [9.17, 15) is 4.79 Å². The molecule has 0 aliphatic carbocycles. The Bertz CT molecular complexity index is 530. The maximum absolute atomic E-state index is 11.4. The predicted molar refractivity (Wildman–Crippen MR) is 88.5 cm³/mol. The largest absolute Gasteiger partial charge is 0.369 e. The molecule has 1 aromatic heterocycles. The van der Waals surface area contributed by atoms with Crippen LogP contribution in [0.15, 0.2) is 0 Å². The van der Waals surface area contributed by atoms with Crippen LogP contribution in [-0.4, -0.2) is 44.1 Å². The molecular weight excluding hydrogens is 292 g/mol. The smallest absolute Gasteiger partial charge is 0.220 e. The molecule has 1 aliphatic rings. The first-order valence-corrected chi connectivity index (χ1v) is 8.60. The van der Waals surface area contributed by atoms with Gasteiger partial charge in [-0.25, -0.2) is 4.68 Å². The average molecular weight is 322 g/mol.